The highest BCUT2D eigenvalue weighted by Crippen LogP contribution is 2.50. The average molecular weight is 339 g/mol. The van der Waals surface area contributed by atoms with Crippen molar-refractivity contribution in [2.75, 3.05) is 19.8 Å². The lowest BCUT2D eigenvalue weighted by Crippen LogP contribution is -2.52. The van der Waals surface area contributed by atoms with Gasteiger partial charge in [0.05, 0.1) is 19.1 Å². The van der Waals surface area contributed by atoms with Crippen LogP contribution >= 0.6 is 15.9 Å². The molecule has 5 nitrogen and oxygen atoms in total. The van der Waals surface area contributed by atoms with E-state index >= 15 is 0 Å². The number of nitrogens with two attached hydrogens (primary N) is 1. The van der Waals surface area contributed by atoms with E-state index in [0.717, 1.165) is 28.8 Å². The minimum absolute atomic E-state index is 0.107. The molecule has 0 unspecified atom stereocenters. The third-order valence-corrected chi connectivity index (χ3v) is 4.84. The summed E-state index contributed by atoms with van der Waals surface area (Å²) in [5.41, 5.74) is 6.34. The number of aliphatic imine (C=N–C) groups is 1. The maximum Gasteiger partial charge on any atom is 0.283 e. The molecule has 6 heteroatoms. The highest BCUT2D eigenvalue weighted by Gasteiger charge is 2.54. The van der Waals surface area contributed by atoms with Crippen molar-refractivity contribution in [3.63, 3.8) is 0 Å². The SMILES string of the molecule is NC1=N[C@@]2(CO1)c1cc(Br)ccc1O[C@H]1CCOC[C@@H]12. The van der Waals surface area contributed by atoms with Gasteiger partial charge in [0.25, 0.3) is 6.02 Å². The second-order valence-electron chi connectivity index (χ2n) is 5.43. The van der Waals surface area contributed by atoms with Crippen LogP contribution < -0.4 is 10.5 Å². The zero-order chi connectivity index (χ0) is 13.7. The Kier molecular flexibility index (Phi) is 2.72. The van der Waals surface area contributed by atoms with Gasteiger partial charge in [-0.1, -0.05) is 15.9 Å². The number of ether oxygens (including phenoxy) is 3. The van der Waals surface area contributed by atoms with Gasteiger partial charge in [0.1, 0.15) is 24.0 Å². The summed E-state index contributed by atoms with van der Waals surface area (Å²) < 4.78 is 18.3. The van der Waals surface area contributed by atoms with Crippen LogP contribution in [0.25, 0.3) is 0 Å². The molecule has 20 heavy (non-hydrogen) atoms. The maximum absolute atomic E-state index is 6.15. The van der Waals surface area contributed by atoms with E-state index in [-0.39, 0.29) is 18.0 Å². The first-order valence-corrected chi connectivity index (χ1v) is 7.51. The quantitative estimate of drug-likeness (QED) is 0.783. The van der Waals surface area contributed by atoms with Crippen molar-refractivity contribution in [3.8, 4) is 5.75 Å². The van der Waals surface area contributed by atoms with Gasteiger partial charge in [-0.15, -0.1) is 0 Å². The van der Waals surface area contributed by atoms with Gasteiger partial charge in [-0.25, -0.2) is 4.99 Å². The van der Waals surface area contributed by atoms with Crippen LogP contribution in [0.2, 0.25) is 0 Å². The summed E-state index contributed by atoms with van der Waals surface area (Å²) in [6, 6.07) is 6.26. The van der Waals surface area contributed by atoms with Crippen LogP contribution in [0.5, 0.6) is 5.75 Å². The van der Waals surface area contributed by atoms with Crippen LogP contribution in [0.4, 0.5) is 0 Å². The van der Waals surface area contributed by atoms with Gasteiger partial charge in [0.2, 0.25) is 0 Å². The van der Waals surface area contributed by atoms with Crippen molar-refractivity contribution in [3.05, 3.63) is 28.2 Å². The lowest BCUT2D eigenvalue weighted by atomic mass is 9.73. The molecule has 1 fully saturated rings. The van der Waals surface area contributed by atoms with Crippen LogP contribution in [-0.4, -0.2) is 31.9 Å². The first-order chi connectivity index (χ1) is 9.69. The average Bonchev–Trinajstić information content (AvgIpc) is 2.84. The summed E-state index contributed by atoms with van der Waals surface area (Å²) in [5, 5.41) is 0. The number of amidine groups is 1. The van der Waals surface area contributed by atoms with E-state index < -0.39 is 5.54 Å². The van der Waals surface area contributed by atoms with E-state index in [4.69, 9.17) is 19.9 Å². The van der Waals surface area contributed by atoms with Gasteiger partial charge >= 0.3 is 0 Å². The molecule has 1 spiro atoms. The molecule has 1 aromatic rings. The molecule has 3 atom stereocenters. The molecular formula is C14H15BrN2O3. The van der Waals surface area contributed by atoms with Crippen molar-refractivity contribution in [2.24, 2.45) is 16.6 Å². The zero-order valence-corrected chi connectivity index (χ0v) is 12.4. The van der Waals surface area contributed by atoms with Crippen molar-refractivity contribution < 1.29 is 14.2 Å². The molecular weight excluding hydrogens is 324 g/mol. The largest absolute Gasteiger partial charge is 0.489 e. The molecule has 0 saturated carbocycles. The summed E-state index contributed by atoms with van der Waals surface area (Å²) in [5.74, 6) is 1.01. The number of hydrogen-bond donors (Lipinski definition) is 1. The molecule has 3 aliphatic heterocycles. The summed E-state index contributed by atoms with van der Waals surface area (Å²) in [7, 11) is 0. The molecule has 0 aliphatic carbocycles. The lowest BCUT2D eigenvalue weighted by molar-refractivity contribution is -0.0726. The molecule has 0 radical (unpaired) electrons. The third kappa shape index (κ3) is 1.67. The fourth-order valence-corrected chi connectivity index (χ4v) is 3.75. The smallest absolute Gasteiger partial charge is 0.283 e. The van der Waals surface area contributed by atoms with E-state index in [1.807, 2.05) is 18.2 Å². The summed E-state index contributed by atoms with van der Waals surface area (Å²) >= 11 is 3.52. The fraction of sp³-hybridized carbons (Fsp3) is 0.500. The van der Waals surface area contributed by atoms with E-state index in [1.54, 1.807) is 0 Å². The second-order valence-corrected chi connectivity index (χ2v) is 6.35. The van der Waals surface area contributed by atoms with Gasteiger partial charge in [-0.3, -0.25) is 0 Å². The van der Waals surface area contributed by atoms with Crippen molar-refractivity contribution in [2.45, 2.75) is 18.1 Å². The van der Waals surface area contributed by atoms with Crippen molar-refractivity contribution >= 4 is 22.0 Å². The normalized spacial score (nSPS) is 34.8. The van der Waals surface area contributed by atoms with Gasteiger partial charge in [-0.2, -0.15) is 0 Å². The van der Waals surface area contributed by atoms with Crippen molar-refractivity contribution in [1.29, 1.82) is 0 Å². The molecule has 1 aromatic carbocycles. The summed E-state index contributed by atoms with van der Waals surface area (Å²) in [4.78, 5) is 4.64. The van der Waals surface area contributed by atoms with E-state index in [0.29, 0.717) is 13.2 Å². The van der Waals surface area contributed by atoms with Crippen LogP contribution in [0.1, 0.15) is 12.0 Å². The van der Waals surface area contributed by atoms with Gasteiger partial charge in [-0.05, 0) is 18.2 Å². The molecule has 0 bridgehead atoms. The third-order valence-electron chi connectivity index (χ3n) is 4.34. The second kappa shape index (κ2) is 4.36. The van der Waals surface area contributed by atoms with Crippen LogP contribution in [0.15, 0.2) is 27.7 Å². The Morgan fingerprint density at radius 3 is 3.10 bits per heavy atom. The molecule has 2 N–H and O–H groups in total. The Bertz CT molecular complexity index is 592. The summed E-state index contributed by atoms with van der Waals surface area (Å²) in [6.07, 6.45) is 0.979. The topological polar surface area (TPSA) is 66.1 Å². The van der Waals surface area contributed by atoms with E-state index in [2.05, 4.69) is 20.9 Å². The highest BCUT2D eigenvalue weighted by molar-refractivity contribution is 9.10. The van der Waals surface area contributed by atoms with Gasteiger partial charge in [0, 0.05) is 16.5 Å². The monoisotopic (exact) mass is 338 g/mol. The predicted molar refractivity (Wildman–Crippen MR) is 76.7 cm³/mol. The Morgan fingerprint density at radius 1 is 1.40 bits per heavy atom. The number of benzene rings is 1. The Labute approximate surface area is 125 Å². The molecule has 3 aliphatic rings. The van der Waals surface area contributed by atoms with Crippen LogP contribution in [-0.2, 0) is 15.0 Å². The summed E-state index contributed by atoms with van der Waals surface area (Å²) in [6.45, 7) is 1.80. The Morgan fingerprint density at radius 2 is 2.30 bits per heavy atom. The fourth-order valence-electron chi connectivity index (χ4n) is 3.38. The molecule has 106 valence electrons. The Balaban J connectivity index is 1.91. The molecule has 0 amide bonds. The number of rotatable bonds is 0. The molecule has 3 heterocycles. The Hall–Kier alpha value is -1.27. The lowest BCUT2D eigenvalue weighted by Gasteiger charge is -2.45. The maximum atomic E-state index is 6.15. The number of fused-ring (bicyclic) bond motifs is 4. The standard InChI is InChI=1S/C14H15BrN2O3/c15-8-1-2-11-9(5-8)14(7-19-13(16)17-14)10-6-18-4-3-12(10)20-11/h1-2,5,10,12H,3-4,6-7H2,(H2,16,17)/t10-,12-,14-/m0/s1. The van der Waals surface area contributed by atoms with Crippen LogP contribution in [0, 0.1) is 5.92 Å². The number of halogens is 1. The van der Waals surface area contributed by atoms with Crippen LogP contribution in [0.3, 0.4) is 0 Å². The predicted octanol–water partition coefficient (Wildman–Crippen LogP) is 1.79. The zero-order valence-electron chi connectivity index (χ0n) is 10.8. The first-order valence-electron chi connectivity index (χ1n) is 6.71. The molecule has 4 rings (SSSR count). The molecule has 1 saturated heterocycles. The van der Waals surface area contributed by atoms with Gasteiger partial charge < -0.3 is 19.9 Å². The highest BCUT2D eigenvalue weighted by atomic mass is 79.9. The minimum Gasteiger partial charge on any atom is -0.489 e. The minimum atomic E-state index is -0.480. The first kappa shape index (κ1) is 12.5. The van der Waals surface area contributed by atoms with Gasteiger partial charge in [0.15, 0.2) is 0 Å². The number of hydrogen-bond acceptors (Lipinski definition) is 5. The number of nitrogens with zero attached hydrogens (tertiary/aromatic N) is 1. The van der Waals surface area contributed by atoms with E-state index in [1.165, 1.54) is 0 Å². The molecule has 0 aromatic heterocycles. The van der Waals surface area contributed by atoms with E-state index in [9.17, 15) is 0 Å². The van der Waals surface area contributed by atoms with Crippen molar-refractivity contribution in [1.82, 2.24) is 0 Å².